The Labute approximate surface area is 118 Å². The summed E-state index contributed by atoms with van der Waals surface area (Å²) in [5, 5.41) is 15.5. The van der Waals surface area contributed by atoms with Gasteiger partial charge in [-0.3, -0.25) is 4.79 Å². The predicted molar refractivity (Wildman–Crippen MR) is 77.9 cm³/mol. The fourth-order valence-corrected chi connectivity index (χ4v) is 2.25. The molecule has 2 N–H and O–H groups in total. The first-order chi connectivity index (χ1) is 9.76. The Hall–Kier alpha value is -2.32. The summed E-state index contributed by atoms with van der Waals surface area (Å²) in [6.45, 7) is 1.44. The van der Waals surface area contributed by atoms with Gasteiger partial charge in [0.2, 0.25) is 5.91 Å². The lowest BCUT2D eigenvalue weighted by atomic mass is 10.2. The molecule has 0 aliphatic rings. The number of aromatic nitrogens is 1. The number of fused-ring (bicyclic) bond motifs is 1. The van der Waals surface area contributed by atoms with Crippen molar-refractivity contribution in [2.75, 3.05) is 13.6 Å². The summed E-state index contributed by atoms with van der Waals surface area (Å²) in [5.41, 5.74) is 2.22. The van der Waals surface area contributed by atoms with Crippen LogP contribution in [-0.2, 0) is 17.9 Å². The molecule has 1 amide bonds. The van der Waals surface area contributed by atoms with Crippen molar-refractivity contribution in [2.45, 2.75) is 19.5 Å². The molecule has 5 nitrogen and oxygen atoms in total. The maximum Gasteiger partial charge on any atom is 0.239 e. The Balaban J connectivity index is 2.17. The van der Waals surface area contributed by atoms with Crippen LogP contribution in [0.25, 0.3) is 10.9 Å². The van der Waals surface area contributed by atoms with E-state index in [0.717, 1.165) is 17.4 Å². The van der Waals surface area contributed by atoms with Crippen molar-refractivity contribution in [2.24, 2.45) is 0 Å². The van der Waals surface area contributed by atoms with Gasteiger partial charge in [-0.25, -0.2) is 0 Å². The average Bonchev–Trinajstić information content (AvgIpc) is 2.78. The standard InChI is InChI=1S/C15H18N4O/c1-17-9-12-10-19(11-15(20)18-8-4-7-16)14-6-3-2-5-13(12)14/h2-3,5-6,10,17H,4,8-9,11H2,1H3,(H,18,20). The third kappa shape index (κ3) is 3.16. The Kier molecular flexibility index (Phi) is 4.75. The van der Waals surface area contributed by atoms with Gasteiger partial charge in [0.1, 0.15) is 6.54 Å². The summed E-state index contributed by atoms with van der Waals surface area (Å²) in [6.07, 6.45) is 2.34. The topological polar surface area (TPSA) is 69.8 Å². The maximum absolute atomic E-state index is 11.8. The van der Waals surface area contributed by atoms with E-state index in [1.807, 2.05) is 42.1 Å². The van der Waals surface area contributed by atoms with Gasteiger partial charge < -0.3 is 15.2 Å². The molecule has 0 fully saturated rings. The number of rotatable bonds is 6. The highest BCUT2D eigenvalue weighted by Crippen LogP contribution is 2.21. The highest BCUT2D eigenvalue weighted by Gasteiger charge is 2.09. The molecule has 0 aliphatic carbocycles. The first kappa shape index (κ1) is 14.1. The SMILES string of the molecule is CNCc1cn(CC(=O)NCCC#N)c2ccccc12. The summed E-state index contributed by atoms with van der Waals surface area (Å²) in [7, 11) is 1.90. The zero-order valence-corrected chi connectivity index (χ0v) is 11.5. The molecule has 0 radical (unpaired) electrons. The summed E-state index contributed by atoms with van der Waals surface area (Å²) < 4.78 is 1.95. The number of amides is 1. The van der Waals surface area contributed by atoms with Crippen LogP contribution in [0.3, 0.4) is 0 Å². The third-order valence-electron chi connectivity index (χ3n) is 3.11. The molecule has 5 heteroatoms. The normalized spacial score (nSPS) is 10.4. The zero-order valence-electron chi connectivity index (χ0n) is 11.5. The van der Waals surface area contributed by atoms with Gasteiger partial charge in [0.05, 0.1) is 12.5 Å². The number of carbonyl (C=O) groups is 1. The predicted octanol–water partition coefficient (Wildman–Crippen LogP) is 1.39. The molecule has 0 bridgehead atoms. The summed E-state index contributed by atoms with van der Waals surface area (Å²) in [5.74, 6) is -0.0722. The van der Waals surface area contributed by atoms with E-state index < -0.39 is 0 Å². The fraction of sp³-hybridized carbons (Fsp3) is 0.333. The number of nitriles is 1. The Morgan fingerprint density at radius 2 is 2.20 bits per heavy atom. The summed E-state index contributed by atoms with van der Waals surface area (Å²) in [6, 6.07) is 10.0. The van der Waals surface area contributed by atoms with E-state index in [2.05, 4.69) is 16.7 Å². The molecule has 0 atom stereocenters. The van der Waals surface area contributed by atoms with Gasteiger partial charge >= 0.3 is 0 Å². The van der Waals surface area contributed by atoms with Crippen LogP contribution < -0.4 is 10.6 Å². The maximum atomic E-state index is 11.8. The van der Waals surface area contributed by atoms with Crippen molar-refractivity contribution in [3.05, 3.63) is 36.0 Å². The second-order valence-electron chi connectivity index (χ2n) is 4.59. The van der Waals surface area contributed by atoms with E-state index in [0.29, 0.717) is 13.0 Å². The van der Waals surface area contributed by atoms with E-state index >= 15 is 0 Å². The van der Waals surface area contributed by atoms with Crippen molar-refractivity contribution in [1.82, 2.24) is 15.2 Å². The van der Waals surface area contributed by atoms with Crippen molar-refractivity contribution >= 4 is 16.8 Å². The molecular weight excluding hydrogens is 252 g/mol. The van der Waals surface area contributed by atoms with Crippen LogP contribution in [0, 0.1) is 11.3 Å². The highest BCUT2D eigenvalue weighted by atomic mass is 16.1. The molecule has 0 spiro atoms. The molecule has 0 saturated carbocycles. The van der Waals surface area contributed by atoms with Crippen molar-refractivity contribution < 1.29 is 4.79 Å². The van der Waals surface area contributed by atoms with Gasteiger partial charge in [-0.2, -0.15) is 5.26 Å². The van der Waals surface area contributed by atoms with Crippen LogP contribution in [0.4, 0.5) is 0 Å². The lowest BCUT2D eigenvalue weighted by molar-refractivity contribution is -0.121. The van der Waals surface area contributed by atoms with Crippen molar-refractivity contribution in [3.8, 4) is 6.07 Å². The minimum atomic E-state index is -0.0722. The van der Waals surface area contributed by atoms with E-state index in [4.69, 9.17) is 5.26 Å². The minimum Gasteiger partial charge on any atom is -0.354 e. The molecule has 20 heavy (non-hydrogen) atoms. The van der Waals surface area contributed by atoms with Gasteiger partial charge in [0, 0.05) is 30.2 Å². The van der Waals surface area contributed by atoms with E-state index in [-0.39, 0.29) is 12.5 Å². The second kappa shape index (κ2) is 6.73. The van der Waals surface area contributed by atoms with E-state index in [1.165, 1.54) is 5.56 Å². The number of nitrogens with zero attached hydrogens (tertiary/aromatic N) is 2. The lowest BCUT2D eigenvalue weighted by Gasteiger charge is -2.05. The molecule has 104 valence electrons. The van der Waals surface area contributed by atoms with Crippen LogP contribution in [0.5, 0.6) is 0 Å². The number of para-hydroxylation sites is 1. The molecule has 0 aliphatic heterocycles. The third-order valence-corrected chi connectivity index (χ3v) is 3.11. The first-order valence-corrected chi connectivity index (χ1v) is 6.61. The second-order valence-corrected chi connectivity index (χ2v) is 4.59. The molecule has 1 aromatic heterocycles. The lowest BCUT2D eigenvalue weighted by Crippen LogP contribution is -2.28. The quantitative estimate of drug-likeness (QED) is 0.779. The number of benzene rings is 1. The summed E-state index contributed by atoms with van der Waals surface area (Å²) >= 11 is 0. The smallest absolute Gasteiger partial charge is 0.239 e. The summed E-state index contributed by atoms with van der Waals surface area (Å²) in [4.78, 5) is 11.8. The van der Waals surface area contributed by atoms with Gasteiger partial charge in [-0.1, -0.05) is 18.2 Å². The number of nitrogens with one attached hydrogen (secondary N) is 2. The van der Waals surface area contributed by atoms with Crippen LogP contribution in [0.15, 0.2) is 30.5 Å². The Morgan fingerprint density at radius 1 is 1.40 bits per heavy atom. The van der Waals surface area contributed by atoms with Crippen LogP contribution in [0.1, 0.15) is 12.0 Å². The molecule has 1 aromatic carbocycles. The van der Waals surface area contributed by atoms with Gasteiger partial charge in [-0.15, -0.1) is 0 Å². The average molecular weight is 270 g/mol. The number of hydrogen-bond donors (Lipinski definition) is 2. The zero-order chi connectivity index (χ0) is 14.4. The van der Waals surface area contributed by atoms with Gasteiger partial charge in [0.25, 0.3) is 0 Å². The van der Waals surface area contributed by atoms with Crippen LogP contribution in [-0.4, -0.2) is 24.1 Å². The minimum absolute atomic E-state index is 0.0722. The van der Waals surface area contributed by atoms with Gasteiger partial charge in [-0.05, 0) is 18.7 Å². The molecular formula is C15H18N4O. The van der Waals surface area contributed by atoms with Crippen molar-refractivity contribution in [3.63, 3.8) is 0 Å². The van der Waals surface area contributed by atoms with Gasteiger partial charge in [0.15, 0.2) is 0 Å². The number of hydrogen-bond acceptors (Lipinski definition) is 3. The molecule has 2 rings (SSSR count). The molecule has 2 aromatic rings. The van der Waals surface area contributed by atoms with Crippen LogP contribution in [0.2, 0.25) is 0 Å². The van der Waals surface area contributed by atoms with E-state index in [9.17, 15) is 4.79 Å². The molecule has 1 heterocycles. The Bertz CT molecular complexity index is 639. The fourth-order valence-electron chi connectivity index (χ4n) is 2.25. The largest absolute Gasteiger partial charge is 0.354 e. The molecule has 0 unspecified atom stereocenters. The van der Waals surface area contributed by atoms with Crippen molar-refractivity contribution in [1.29, 1.82) is 5.26 Å². The first-order valence-electron chi connectivity index (χ1n) is 6.61. The number of carbonyl (C=O) groups excluding carboxylic acids is 1. The van der Waals surface area contributed by atoms with E-state index in [1.54, 1.807) is 0 Å². The van der Waals surface area contributed by atoms with Crippen LogP contribution >= 0.6 is 0 Å². The molecule has 0 saturated heterocycles. The monoisotopic (exact) mass is 270 g/mol. The Morgan fingerprint density at radius 3 is 2.95 bits per heavy atom. The highest BCUT2D eigenvalue weighted by molar-refractivity contribution is 5.86.